The molecule has 2 N–H and O–H groups in total. The molecule has 1 saturated carbocycles. The summed E-state index contributed by atoms with van der Waals surface area (Å²) in [6, 6.07) is 4.07. The van der Waals surface area contributed by atoms with E-state index in [-0.39, 0.29) is 17.9 Å². The molecule has 1 aromatic carbocycles. The minimum atomic E-state index is -0.0271. The number of nitrogens with zero attached hydrogens (tertiary/aromatic N) is 1. The van der Waals surface area contributed by atoms with Crippen LogP contribution >= 0.6 is 12.2 Å². The highest BCUT2D eigenvalue weighted by Gasteiger charge is 2.32. The number of carbonyl (C=O) groups is 1. The standard InChI is InChI=1S/C22H33N3O3S/c1-4-10-23-22(29)25-11-9-16-12-19(27-2)20(28-3)13-17(16)18(25)14-24-21(26)15-7-5-6-8-15/h12-13,15,18H,4-11,14H2,1-3H3,(H,23,29)(H,24,26)/t18-/m1/s1. The van der Waals surface area contributed by atoms with Gasteiger partial charge in [-0.2, -0.15) is 0 Å². The predicted octanol–water partition coefficient (Wildman–Crippen LogP) is 3.19. The molecule has 1 atom stereocenters. The van der Waals surface area contributed by atoms with E-state index in [4.69, 9.17) is 21.7 Å². The van der Waals surface area contributed by atoms with E-state index in [9.17, 15) is 4.79 Å². The Bertz CT molecular complexity index is 734. The maximum absolute atomic E-state index is 12.6. The molecule has 2 aliphatic rings. The monoisotopic (exact) mass is 419 g/mol. The Kier molecular flexibility index (Phi) is 7.58. The average Bonchev–Trinajstić information content (AvgIpc) is 3.29. The molecule has 29 heavy (non-hydrogen) atoms. The first-order valence-electron chi connectivity index (χ1n) is 10.7. The number of benzene rings is 1. The third-order valence-electron chi connectivity index (χ3n) is 5.99. The molecule has 0 aromatic heterocycles. The molecule has 1 fully saturated rings. The fourth-order valence-corrected chi connectivity index (χ4v) is 4.68. The van der Waals surface area contributed by atoms with E-state index in [0.29, 0.717) is 12.3 Å². The molecule has 0 saturated heterocycles. The molecule has 0 unspecified atom stereocenters. The Morgan fingerprint density at radius 2 is 1.86 bits per heavy atom. The topological polar surface area (TPSA) is 62.8 Å². The normalized spacial score (nSPS) is 18.9. The quantitative estimate of drug-likeness (QED) is 0.662. The van der Waals surface area contributed by atoms with Crippen molar-refractivity contribution in [1.29, 1.82) is 0 Å². The minimum absolute atomic E-state index is 0.0271. The van der Waals surface area contributed by atoms with Gasteiger partial charge in [0.15, 0.2) is 16.6 Å². The average molecular weight is 420 g/mol. The van der Waals surface area contributed by atoms with Crippen LogP contribution in [0, 0.1) is 5.92 Å². The number of nitrogens with one attached hydrogen (secondary N) is 2. The zero-order valence-corrected chi connectivity index (χ0v) is 18.6. The number of thiocarbonyl (C=S) groups is 1. The molecule has 0 spiro atoms. The number of hydrogen-bond acceptors (Lipinski definition) is 4. The van der Waals surface area contributed by atoms with Crippen LogP contribution in [0.15, 0.2) is 12.1 Å². The van der Waals surface area contributed by atoms with E-state index in [1.54, 1.807) is 14.2 Å². The van der Waals surface area contributed by atoms with Crippen LogP contribution in [0.25, 0.3) is 0 Å². The lowest BCUT2D eigenvalue weighted by Gasteiger charge is -2.39. The molecule has 0 radical (unpaired) electrons. The second-order valence-electron chi connectivity index (χ2n) is 7.82. The van der Waals surface area contributed by atoms with Gasteiger partial charge in [0, 0.05) is 25.6 Å². The van der Waals surface area contributed by atoms with Crippen LogP contribution in [0.3, 0.4) is 0 Å². The fourth-order valence-electron chi connectivity index (χ4n) is 4.35. The molecule has 3 rings (SSSR count). The molecule has 1 aliphatic heterocycles. The number of carbonyl (C=O) groups excluding carboxylic acids is 1. The van der Waals surface area contributed by atoms with Crippen LogP contribution in [0.5, 0.6) is 11.5 Å². The largest absolute Gasteiger partial charge is 0.493 e. The van der Waals surface area contributed by atoms with Gasteiger partial charge in [0.1, 0.15) is 0 Å². The van der Waals surface area contributed by atoms with Gasteiger partial charge in [0.05, 0.1) is 20.3 Å². The van der Waals surface area contributed by atoms with E-state index in [0.717, 1.165) is 68.0 Å². The van der Waals surface area contributed by atoms with Crippen molar-refractivity contribution >= 4 is 23.2 Å². The maximum Gasteiger partial charge on any atom is 0.223 e. The first-order chi connectivity index (χ1) is 14.1. The number of ether oxygens (including phenoxy) is 2. The summed E-state index contributed by atoms with van der Waals surface area (Å²) in [5, 5.41) is 7.29. The van der Waals surface area contributed by atoms with Crippen molar-refractivity contribution < 1.29 is 14.3 Å². The fraction of sp³-hybridized carbons (Fsp3) is 0.636. The van der Waals surface area contributed by atoms with E-state index < -0.39 is 0 Å². The second kappa shape index (κ2) is 10.1. The van der Waals surface area contributed by atoms with Crippen molar-refractivity contribution in [2.45, 2.75) is 51.5 Å². The summed E-state index contributed by atoms with van der Waals surface area (Å²) < 4.78 is 11.0. The van der Waals surface area contributed by atoms with Gasteiger partial charge < -0.3 is 25.0 Å². The van der Waals surface area contributed by atoms with Gasteiger partial charge in [-0.15, -0.1) is 0 Å². The van der Waals surface area contributed by atoms with Crippen LogP contribution in [-0.4, -0.2) is 49.8 Å². The van der Waals surface area contributed by atoms with Crippen LogP contribution in [0.2, 0.25) is 0 Å². The first-order valence-corrected chi connectivity index (χ1v) is 11.1. The molecule has 6 nitrogen and oxygen atoms in total. The van der Waals surface area contributed by atoms with E-state index in [1.807, 2.05) is 6.07 Å². The number of hydrogen-bond donors (Lipinski definition) is 2. The summed E-state index contributed by atoms with van der Waals surface area (Å²) in [5.74, 6) is 1.76. The van der Waals surface area contributed by atoms with Gasteiger partial charge in [0.25, 0.3) is 0 Å². The van der Waals surface area contributed by atoms with Crippen LogP contribution in [-0.2, 0) is 11.2 Å². The number of rotatable bonds is 7. The lowest BCUT2D eigenvalue weighted by molar-refractivity contribution is -0.125. The Labute approximate surface area is 179 Å². The second-order valence-corrected chi connectivity index (χ2v) is 8.21. The highest BCUT2D eigenvalue weighted by molar-refractivity contribution is 7.80. The van der Waals surface area contributed by atoms with Gasteiger partial charge in [-0.1, -0.05) is 19.8 Å². The molecular weight excluding hydrogens is 386 g/mol. The Hall–Kier alpha value is -2.02. The molecule has 1 aromatic rings. The van der Waals surface area contributed by atoms with Crippen molar-refractivity contribution in [3.63, 3.8) is 0 Å². The lowest BCUT2D eigenvalue weighted by Crippen LogP contribution is -2.49. The number of fused-ring (bicyclic) bond motifs is 1. The zero-order chi connectivity index (χ0) is 20.8. The van der Waals surface area contributed by atoms with E-state index >= 15 is 0 Å². The van der Waals surface area contributed by atoms with Crippen molar-refractivity contribution in [3.8, 4) is 11.5 Å². The highest BCUT2D eigenvalue weighted by Crippen LogP contribution is 2.38. The van der Waals surface area contributed by atoms with Crippen LogP contribution in [0.1, 0.15) is 56.2 Å². The molecule has 1 heterocycles. The molecule has 0 bridgehead atoms. The van der Waals surface area contributed by atoms with Gasteiger partial charge in [-0.3, -0.25) is 4.79 Å². The van der Waals surface area contributed by atoms with Crippen LogP contribution < -0.4 is 20.1 Å². The summed E-state index contributed by atoms with van der Waals surface area (Å²) in [5.41, 5.74) is 2.36. The summed E-state index contributed by atoms with van der Waals surface area (Å²) in [4.78, 5) is 14.9. The van der Waals surface area contributed by atoms with Crippen molar-refractivity contribution in [1.82, 2.24) is 15.5 Å². The predicted molar refractivity (Wildman–Crippen MR) is 119 cm³/mol. The summed E-state index contributed by atoms with van der Waals surface area (Å²) in [6.07, 6.45) is 6.18. The van der Waals surface area contributed by atoms with Crippen molar-refractivity contribution in [2.75, 3.05) is 33.9 Å². The summed E-state index contributed by atoms with van der Waals surface area (Å²) >= 11 is 5.69. The SMILES string of the molecule is CCCNC(=S)N1CCc2cc(OC)c(OC)cc2[C@H]1CNC(=O)C1CCCC1. The smallest absolute Gasteiger partial charge is 0.223 e. The molecule has 7 heteroatoms. The molecular formula is C22H33N3O3S. The van der Waals surface area contributed by atoms with Gasteiger partial charge >= 0.3 is 0 Å². The maximum atomic E-state index is 12.6. The summed E-state index contributed by atoms with van der Waals surface area (Å²) in [7, 11) is 3.30. The van der Waals surface area contributed by atoms with Gasteiger partial charge in [0.2, 0.25) is 5.91 Å². The van der Waals surface area contributed by atoms with Gasteiger partial charge in [-0.25, -0.2) is 0 Å². The van der Waals surface area contributed by atoms with E-state index in [2.05, 4.69) is 28.5 Å². The molecule has 160 valence electrons. The van der Waals surface area contributed by atoms with Gasteiger partial charge in [-0.05, 0) is 61.2 Å². The number of methoxy groups -OCH3 is 2. The number of amides is 1. The minimum Gasteiger partial charge on any atom is -0.493 e. The van der Waals surface area contributed by atoms with Crippen molar-refractivity contribution in [3.05, 3.63) is 23.3 Å². The molecule has 1 aliphatic carbocycles. The summed E-state index contributed by atoms with van der Waals surface area (Å²) in [6.45, 7) is 4.31. The Morgan fingerprint density at radius 1 is 1.17 bits per heavy atom. The first kappa shape index (κ1) is 21.7. The van der Waals surface area contributed by atoms with E-state index in [1.165, 1.54) is 5.56 Å². The molecule has 1 amide bonds. The van der Waals surface area contributed by atoms with Crippen molar-refractivity contribution in [2.24, 2.45) is 5.92 Å². The Morgan fingerprint density at radius 3 is 2.52 bits per heavy atom. The Balaban J connectivity index is 1.85. The van der Waals surface area contributed by atoms with Crippen LogP contribution in [0.4, 0.5) is 0 Å². The third kappa shape index (κ3) is 4.94. The third-order valence-corrected chi connectivity index (χ3v) is 6.36. The highest BCUT2D eigenvalue weighted by atomic mass is 32.1. The zero-order valence-electron chi connectivity index (χ0n) is 17.8. The lowest BCUT2D eigenvalue weighted by atomic mass is 9.91.